The van der Waals surface area contributed by atoms with Crippen LogP contribution in [0.1, 0.15) is 22.9 Å². The average molecular weight is 332 g/mol. The van der Waals surface area contributed by atoms with Crippen LogP contribution in [0, 0.1) is 0 Å². The van der Waals surface area contributed by atoms with Crippen LogP contribution < -0.4 is 5.32 Å². The van der Waals surface area contributed by atoms with Gasteiger partial charge in [0.1, 0.15) is 0 Å². The smallest absolute Gasteiger partial charge is 0.230 e. The zero-order chi connectivity index (χ0) is 16.9. The molecule has 4 rings (SSSR count). The zero-order valence-corrected chi connectivity index (χ0v) is 13.9. The highest BCUT2D eigenvalue weighted by Crippen LogP contribution is 2.17. The van der Waals surface area contributed by atoms with Gasteiger partial charge in [0.2, 0.25) is 11.8 Å². The number of benzene rings is 2. The molecule has 0 saturated carbocycles. The number of nitrogens with one attached hydrogen (secondary N) is 2. The van der Waals surface area contributed by atoms with Crippen molar-refractivity contribution < 1.29 is 4.42 Å². The summed E-state index contributed by atoms with van der Waals surface area (Å²) >= 11 is 0. The summed E-state index contributed by atoms with van der Waals surface area (Å²) in [5.74, 6) is 1.28. The number of aromatic amines is 1. The van der Waals surface area contributed by atoms with E-state index in [-0.39, 0.29) is 0 Å². The molecule has 2 N–H and O–H groups in total. The van der Waals surface area contributed by atoms with E-state index in [4.69, 9.17) is 4.42 Å². The summed E-state index contributed by atoms with van der Waals surface area (Å²) in [6, 6.07) is 18.5. The lowest BCUT2D eigenvalue weighted by Crippen LogP contribution is -2.16. The molecule has 2 heterocycles. The van der Waals surface area contributed by atoms with Crippen molar-refractivity contribution in [1.82, 2.24) is 20.5 Å². The minimum absolute atomic E-state index is 0.587. The van der Waals surface area contributed by atoms with Crippen molar-refractivity contribution >= 4 is 10.9 Å². The summed E-state index contributed by atoms with van der Waals surface area (Å²) in [6.07, 6.45) is 3.70. The Hall–Kier alpha value is -2.92. The lowest BCUT2D eigenvalue weighted by atomic mass is 10.1. The number of rotatable bonds is 7. The molecule has 0 bridgehead atoms. The van der Waals surface area contributed by atoms with Crippen LogP contribution in [-0.2, 0) is 19.4 Å². The van der Waals surface area contributed by atoms with Crippen molar-refractivity contribution in [3.8, 4) is 0 Å². The van der Waals surface area contributed by atoms with Gasteiger partial charge in [0.05, 0.1) is 13.0 Å². The van der Waals surface area contributed by atoms with E-state index in [0.29, 0.717) is 24.7 Å². The fourth-order valence-electron chi connectivity index (χ4n) is 2.96. The van der Waals surface area contributed by atoms with Gasteiger partial charge in [0.25, 0.3) is 0 Å². The molecule has 126 valence electrons. The van der Waals surface area contributed by atoms with Gasteiger partial charge in [-0.25, -0.2) is 0 Å². The van der Waals surface area contributed by atoms with Gasteiger partial charge in [0.15, 0.2) is 0 Å². The second-order valence-corrected chi connectivity index (χ2v) is 6.04. The molecule has 5 nitrogen and oxygen atoms in total. The first-order valence-corrected chi connectivity index (χ1v) is 8.49. The van der Waals surface area contributed by atoms with E-state index in [1.54, 1.807) is 0 Å². The molecule has 0 aliphatic rings. The Morgan fingerprint density at radius 3 is 2.64 bits per heavy atom. The highest BCUT2D eigenvalue weighted by atomic mass is 16.4. The second-order valence-electron chi connectivity index (χ2n) is 6.04. The van der Waals surface area contributed by atoms with Gasteiger partial charge in [0, 0.05) is 17.1 Å². The lowest BCUT2D eigenvalue weighted by Gasteiger charge is -2.01. The van der Waals surface area contributed by atoms with E-state index >= 15 is 0 Å². The summed E-state index contributed by atoms with van der Waals surface area (Å²) in [6.45, 7) is 1.45. The number of nitrogens with zero attached hydrogens (tertiary/aromatic N) is 2. The van der Waals surface area contributed by atoms with Gasteiger partial charge in [-0.15, -0.1) is 10.2 Å². The van der Waals surface area contributed by atoms with Crippen LogP contribution in [0.25, 0.3) is 10.9 Å². The van der Waals surface area contributed by atoms with E-state index in [1.807, 2.05) is 24.3 Å². The molecule has 0 amide bonds. The van der Waals surface area contributed by atoms with Crippen LogP contribution in [0.2, 0.25) is 0 Å². The van der Waals surface area contributed by atoms with Crippen molar-refractivity contribution in [3.63, 3.8) is 0 Å². The number of para-hydroxylation sites is 1. The van der Waals surface area contributed by atoms with Crippen LogP contribution in [-0.4, -0.2) is 21.7 Å². The molecule has 2 aromatic carbocycles. The normalized spacial score (nSPS) is 11.2. The molecular weight excluding hydrogens is 312 g/mol. The molecular formula is C20H20N4O. The van der Waals surface area contributed by atoms with Crippen molar-refractivity contribution in [2.75, 3.05) is 6.54 Å². The van der Waals surface area contributed by atoms with Gasteiger partial charge >= 0.3 is 0 Å². The molecule has 0 unspecified atom stereocenters. The van der Waals surface area contributed by atoms with Crippen LogP contribution >= 0.6 is 0 Å². The number of H-pyrrole nitrogens is 1. The fraction of sp³-hybridized carbons (Fsp3) is 0.200. The van der Waals surface area contributed by atoms with Gasteiger partial charge < -0.3 is 14.7 Å². The SMILES string of the molecule is c1ccc(Cc2nnc(CNCCc3c[nH]c4ccccc34)o2)cc1. The van der Waals surface area contributed by atoms with Crippen molar-refractivity contribution in [1.29, 1.82) is 0 Å². The molecule has 0 fully saturated rings. The molecule has 0 aliphatic carbocycles. The molecule has 0 aliphatic heterocycles. The largest absolute Gasteiger partial charge is 0.424 e. The highest BCUT2D eigenvalue weighted by molar-refractivity contribution is 5.83. The molecule has 0 saturated heterocycles. The van der Waals surface area contributed by atoms with E-state index in [9.17, 15) is 0 Å². The van der Waals surface area contributed by atoms with E-state index < -0.39 is 0 Å². The maximum absolute atomic E-state index is 5.70. The van der Waals surface area contributed by atoms with Crippen LogP contribution in [0.15, 0.2) is 65.2 Å². The number of fused-ring (bicyclic) bond motifs is 1. The molecule has 0 spiro atoms. The third kappa shape index (κ3) is 3.78. The number of hydrogen-bond acceptors (Lipinski definition) is 4. The predicted molar refractivity (Wildman–Crippen MR) is 97.3 cm³/mol. The number of aromatic nitrogens is 3. The molecule has 25 heavy (non-hydrogen) atoms. The molecule has 4 aromatic rings. The fourth-order valence-corrected chi connectivity index (χ4v) is 2.96. The summed E-state index contributed by atoms with van der Waals surface area (Å²) in [7, 11) is 0. The monoisotopic (exact) mass is 332 g/mol. The highest BCUT2D eigenvalue weighted by Gasteiger charge is 2.07. The Labute approximate surface area is 146 Å². The van der Waals surface area contributed by atoms with Gasteiger partial charge in [-0.3, -0.25) is 0 Å². The molecule has 2 aromatic heterocycles. The van der Waals surface area contributed by atoms with Crippen molar-refractivity contribution in [2.45, 2.75) is 19.4 Å². The van der Waals surface area contributed by atoms with E-state index in [0.717, 1.165) is 13.0 Å². The molecule has 5 heteroatoms. The first-order chi connectivity index (χ1) is 12.4. The van der Waals surface area contributed by atoms with Crippen molar-refractivity contribution in [2.24, 2.45) is 0 Å². The van der Waals surface area contributed by atoms with Crippen LogP contribution in [0.5, 0.6) is 0 Å². The molecule has 0 radical (unpaired) electrons. The predicted octanol–water partition coefficient (Wildman–Crippen LogP) is 3.47. The first kappa shape index (κ1) is 15.6. The maximum Gasteiger partial charge on any atom is 0.230 e. The maximum atomic E-state index is 5.70. The second kappa shape index (κ2) is 7.32. The van der Waals surface area contributed by atoms with E-state index in [2.05, 4.69) is 57.0 Å². The van der Waals surface area contributed by atoms with Gasteiger partial charge in [-0.2, -0.15) is 0 Å². The average Bonchev–Trinajstić information content (AvgIpc) is 3.27. The lowest BCUT2D eigenvalue weighted by molar-refractivity contribution is 0.439. The Bertz CT molecular complexity index is 942. The van der Waals surface area contributed by atoms with Gasteiger partial charge in [-0.1, -0.05) is 48.5 Å². The Morgan fingerprint density at radius 2 is 1.72 bits per heavy atom. The topological polar surface area (TPSA) is 66.7 Å². The quantitative estimate of drug-likeness (QED) is 0.509. The summed E-state index contributed by atoms with van der Waals surface area (Å²) in [5, 5.41) is 12.9. The minimum Gasteiger partial charge on any atom is -0.424 e. The summed E-state index contributed by atoms with van der Waals surface area (Å²) < 4.78 is 5.70. The zero-order valence-electron chi connectivity index (χ0n) is 13.9. The molecule has 0 atom stereocenters. The van der Waals surface area contributed by atoms with Crippen LogP contribution in [0.4, 0.5) is 0 Å². The van der Waals surface area contributed by atoms with Gasteiger partial charge in [-0.05, 0) is 30.2 Å². The Morgan fingerprint density at radius 1 is 0.920 bits per heavy atom. The first-order valence-electron chi connectivity index (χ1n) is 8.49. The minimum atomic E-state index is 0.587. The Kier molecular flexibility index (Phi) is 4.57. The third-order valence-electron chi connectivity index (χ3n) is 4.23. The standard InChI is InChI=1S/C20H20N4O/c1-2-6-15(7-3-1)12-19-23-24-20(25-19)14-21-11-10-16-13-22-18-9-5-4-8-17(16)18/h1-9,13,21-22H,10-12,14H2. The third-order valence-corrected chi connectivity index (χ3v) is 4.23. The van der Waals surface area contributed by atoms with Crippen molar-refractivity contribution in [3.05, 3.63) is 83.7 Å². The summed E-state index contributed by atoms with van der Waals surface area (Å²) in [4.78, 5) is 3.30. The Balaban J connectivity index is 1.28. The van der Waals surface area contributed by atoms with E-state index in [1.165, 1.54) is 22.0 Å². The van der Waals surface area contributed by atoms with Crippen LogP contribution in [0.3, 0.4) is 0 Å². The summed E-state index contributed by atoms with van der Waals surface area (Å²) in [5.41, 5.74) is 3.67. The number of hydrogen-bond donors (Lipinski definition) is 2.